The molecule has 148 valence electrons. The van der Waals surface area contributed by atoms with Gasteiger partial charge in [0.1, 0.15) is 11.5 Å². The number of nitrogens with zero attached hydrogens (tertiary/aromatic N) is 5. The van der Waals surface area contributed by atoms with Gasteiger partial charge in [-0.2, -0.15) is 0 Å². The smallest absolute Gasteiger partial charge is 0.275 e. The summed E-state index contributed by atoms with van der Waals surface area (Å²) in [4.78, 5) is 28.1. The maximum atomic E-state index is 12.5. The van der Waals surface area contributed by atoms with Gasteiger partial charge in [0.2, 0.25) is 0 Å². The molecule has 28 heavy (non-hydrogen) atoms. The van der Waals surface area contributed by atoms with Gasteiger partial charge in [0.15, 0.2) is 0 Å². The van der Waals surface area contributed by atoms with Gasteiger partial charge >= 0.3 is 0 Å². The number of likely N-dealkylation sites (N-methyl/N-ethyl adjacent to an activating group) is 1. The third-order valence-electron chi connectivity index (χ3n) is 5.54. The summed E-state index contributed by atoms with van der Waals surface area (Å²) in [5.74, 6) is 0.596. The number of benzene rings is 1. The summed E-state index contributed by atoms with van der Waals surface area (Å²) in [6, 6.07) is 8.05. The summed E-state index contributed by atoms with van der Waals surface area (Å²) < 4.78 is 0. The van der Waals surface area contributed by atoms with E-state index >= 15 is 0 Å². The second-order valence-electron chi connectivity index (χ2n) is 7.60. The van der Waals surface area contributed by atoms with Crippen molar-refractivity contribution in [3.63, 3.8) is 0 Å². The molecule has 2 fully saturated rings. The molecule has 0 aliphatic carbocycles. The Morgan fingerprint density at radius 1 is 0.857 bits per heavy atom. The zero-order valence-electron chi connectivity index (χ0n) is 16.5. The minimum absolute atomic E-state index is 0.233. The number of piperazine rings is 1. The van der Waals surface area contributed by atoms with Crippen molar-refractivity contribution in [3.05, 3.63) is 42.4 Å². The molecule has 2 aliphatic heterocycles. The highest BCUT2D eigenvalue weighted by atomic mass is 16.1. The average Bonchev–Trinajstić information content (AvgIpc) is 2.75. The van der Waals surface area contributed by atoms with Crippen LogP contribution in [0.4, 0.5) is 17.2 Å². The van der Waals surface area contributed by atoms with Crippen LogP contribution >= 0.6 is 0 Å². The van der Waals surface area contributed by atoms with Crippen molar-refractivity contribution in [2.24, 2.45) is 0 Å². The van der Waals surface area contributed by atoms with Crippen molar-refractivity contribution < 1.29 is 4.79 Å². The Bertz CT molecular complexity index is 778. The molecule has 0 saturated carbocycles. The van der Waals surface area contributed by atoms with Gasteiger partial charge in [0, 0.05) is 50.6 Å². The first-order chi connectivity index (χ1) is 13.7. The predicted octanol–water partition coefficient (Wildman–Crippen LogP) is 2.47. The Morgan fingerprint density at radius 2 is 1.57 bits per heavy atom. The van der Waals surface area contributed by atoms with Crippen LogP contribution in [0.3, 0.4) is 0 Å². The molecule has 2 aromatic rings. The number of amides is 1. The van der Waals surface area contributed by atoms with E-state index in [9.17, 15) is 4.79 Å². The molecule has 0 unspecified atom stereocenters. The van der Waals surface area contributed by atoms with E-state index in [0.29, 0.717) is 5.69 Å². The van der Waals surface area contributed by atoms with Crippen LogP contribution in [0, 0.1) is 0 Å². The maximum absolute atomic E-state index is 12.5. The molecule has 2 aliphatic rings. The van der Waals surface area contributed by atoms with Crippen LogP contribution in [0.5, 0.6) is 0 Å². The van der Waals surface area contributed by atoms with Crippen LogP contribution in [0.15, 0.2) is 36.7 Å². The number of carbonyl (C=O) groups is 1. The molecule has 4 rings (SSSR count). The van der Waals surface area contributed by atoms with E-state index in [2.05, 4.69) is 49.2 Å². The minimum atomic E-state index is -0.233. The number of anilines is 3. The van der Waals surface area contributed by atoms with E-state index in [1.54, 1.807) is 12.4 Å². The lowest BCUT2D eigenvalue weighted by Gasteiger charge is -2.32. The molecule has 0 spiro atoms. The van der Waals surface area contributed by atoms with Crippen molar-refractivity contribution in [2.75, 3.05) is 61.4 Å². The van der Waals surface area contributed by atoms with Gasteiger partial charge in [-0.05, 0) is 50.6 Å². The molecular weight excluding hydrogens is 352 g/mol. The third-order valence-corrected chi connectivity index (χ3v) is 5.54. The SMILES string of the molecule is CN1CCN(c2cnc(C(=O)Nc3ccc(N4CCCCC4)cc3)cn2)CC1. The highest BCUT2D eigenvalue weighted by Crippen LogP contribution is 2.22. The summed E-state index contributed by atoms with van der Waals surface area (Å²) in [6.07, 6.45) is 7.08. The van der Waals surface area contributed by atoms with Gasteiger partial charge < -0.3 is 20.0 Å². The predicted molar refractivity (Wildman–Crippen MR) is 112 cm³/mol. The van der Waals surface area contributed by atoms with Gasteiger partial charge in [-0.3, -0.25) is 4.79 Å². The first kappa shape index (κ1) is 18.7. The number of nitrogens with one attached hydrogen (secondary N) is 1. The fourth-order valence-corrected chi connectivity index (χ4v) is 3.74. The largest absolute Gasteiger partial charge is 0.372 e. The summed E-state index contributed by atoms with van der Waals surface area (Å²) >= 11 is 0. The molecule has 2 saturated heterocycles. The molecule has 7 nitrogen and oxygen atoms in total. The molecule has 1 aromatic heterocycles. The monoisotopic (exact) mass is 380 g/mol. The van der Waals surface area contributed by atoms with Crippen LogP contribution in [-0.4, -0.2) is 67.1 Å². The van der Waals surface area contributed by atoms with Crippen LogP contribution in [-0.2, 0) is 0 Å². The van der Waals surface area contributed by atoms with Crippen molar-refractivity contribution in [1.29, 1.82) is 0 Å². The summed E-state index contributed by atoms with van der Waals surface area (Å²) in [7, 11) is 2.12. The van der Waals surface area contributed by atoms with Gasteiger partial charge in [0.25, 0.3) is 5.91 Å². The molecule has 1 aromatic carbocycles. The van der Waals surface area contributed by atoms with Crippen LogP contribution in [0.1, 0.15) is 29.8 Å². The molecule has 0 radical (unpaired) electrons. The van der Waals surface area contributed by atoms with Gasteiger partial charge in [0.05, 0.1) is 12.4 Å². The van der Waals surface area contributed by atoms with Crippen molar-refractivity contribution in [3.8, 4) is 0 Å². The molecule has 1 N–H and O–H groups in total. The Kier molecular flexibility index (Phi) is 5.71. The number of carbonyl (C=O) groups excluding carboxylic acids is 1. The van der Waals surface area contributed by atoms with Crippen LogP contribution in [0.2, 0.25) is 0 Å². The van der Waals surface area contributed by atoms with Gasteiger partial charge in [-0.1, -0.05) is 0 Å². The highest BCUT2D eigenvalue weighted by Gasteiger charge is 2.17. The first-order valence-electron chi connectivity index (χ1n) is 10.1. The normalized spacial score (nSPS) is 18.2. The molecular formula is C21H28N6O. The number of hydrogen-bond acceptors (Lipinski definition) is 6. The van der Waals surface area contributed by atoms with E-state index in [4.69, 9.17) is 0 Å². The summed E-state index contributed by atoms with van der Waals surface area (Å²) in [6.45, 7) is 6.11. The van der Waals surface area contributed by atoms with Gasteiger partial charge in [-0.25, -0.2) is 9.97 Å². The Balaban J connectivity index is 1.35. The molecule has 1 amide bonds. The fourth-order valence-electron chi connectivity index (χ4n) is 3.74. The zero-order chi connectivity index (χ0) is 19.3. The Morgan fingerprint density at radius 3 is 2.21 bits per heavy atom. The van der Waals surface area contributed by atoms with Crippen LogP contribution < -0.4 is 15.1 Å². The number of piperidine rings is 1. The molecule has 7 heteroatoms. The van der Waals surface area contributed by atoms with E-state index in [1.807, 2.05) is 12.1 Å². The summed E-state index contributed by atoms with van der Waals surface area (Å²) in [5, 5.41) is 2.91. The van der Waals surface area contributed by atoms with E-state index in [0.717, 1.165) is 50.8 Å². The third kappa shape index (κ3) is 4.42. The van der Waals surface area contributed by atoms with Crippen molar-refractivity contribution in [1.82, 2.24) is 14.9 Å². The molecule has 3 heterocycles. The Labute approximate surface area is 166 Å². The second kappa shape index (κ2) is 8.56. The lowest BCUT2D eigenvalue weighted by atomic mass is 10.1. The fraction of sp³-hybridized carbons (Fsp3) is 0.476. The number of aromatic nitrogens is 2. The zero-order valence-corrected chi connectivity index (χ0v) is 16.5. The number of rotatable bonds is 4. The van der Waals surface area contributed by atoms with E-state index in [1.165, 1.54) is 24.9 Å². The lowest BCUT2D eigenvalue weighted by molar-refractivity contribution is 0.102. The highest BCUT2D eigenvalue weighted by molar-refractivity contribution is 6.02. The molecule has 0 bridgehead atoms. The maximum Gasteiger partial charge on any atom is 0.275 e. The van der Waals surface area contributed by atoms with E-state index in [-0.39, 0.29) is 5.91 Å². The van der Waals surface area contributed by atoms with Crippen molar-refractivity contribution in [2.45, 2.75) is 19.3 Å². The second-order valence-corrected chi connectivity index (χ2v) is 7.60. The average molecular weight is 380 g/mol. The number of hydrogen-bond donors (Lipinski definition) is 1. The standard InChI is InChI=1S/C21H28N6O/c1-25-11-13-27(14-12-25)20-16-22-19(15-23-20)21(28)24-17-5-7-18(8-6-17)26-9-3-2-4-10-26/h5-8,15-16H,2-4,9-14H2,1H3,(H,24,28). The topological polar surface area (TPSA) is 64.6 Å². The lowest BCUT2D eigenvalue weighted by Crippen LogP contribution is -2.44. The first-order valence-corrected chi connectivity index (χ1v) is 10.1. The van der Waals surface area contributed by atoms with E-state index < -0.39 is 0 Å². The molecule has 0 atom stereocenters. The minimum Gasteiger partial charge on any atom is -0.372 e. The van der Waals surface area contributed by atoms with Gasteiger partial charge in [-0.15, -0.1) is 0 Å². The quantitative estimate of drug-likeness (QED) is 0.879. The Hall–Kier alpha value is -2.67. The van der Waals surface area contributed by atoms with Crippen LogP contribution in [0.25, 0.3) is 0 Å². The van der Waals surface area contributed by atoms with Crippen molar-refractivity contribution >= 4 is 23.1 Å². The summed E-state index contributed by atoms with van der Waals surface area (Å²) in [5.41, 5.74) is 2.32.